The second-order valence-electron chi connectivity index (χ2n) is 5.21. The molecule has 22 heavy (non-hydrogen) atoms. The Morgan fingerprint density at radius 2 is 1.82 bits per heavy atom. The summed E-state index contributed by atoms with van der Waals surface area (Å²) in [6.07, 6.45) is 0.534. The fourth-order valence-electron chi connectivity index (χ4n) is 2.76. The predicted molar refractivity (Wildman–Crippen MR) is 89.9 cm³/mol. The van der Waals surface area contributed by atoms with Crippen molar-refractivity contribution in [3.63, 3.8) is 0 Å². The van der Waals surface area contributed by atoms with Gasteiger partial charge in [-0.3, -0.25) is 14.5 Å². The van der Waals surface area contributed by atoms with E-state index in [-0.39, 0.29) is 11.8 Å². The minimum absolute atomic E-state index is 0.128. The van der Waals surface area contributed by atoms with Gasteiger partial charge in [0, 0.05) is 23.5 Å². The van der Waals surface area contributed by atoms with Gasteiger partial charge >= 0.3 is 0 Å². The molecule has 5 heteroatoms. The first-order valence-corrected chi connectivity index (χ1v) is 7.80. The second kappa shape index (κ2) is 5.93. The number of nitrogens with zero attached hydrogens (tertiary/aromatic N) is 1. The van der Waals surface area contributed by atoms with Crippen LogP contribution < -0.4 is 10.2 Å². The lowest BCUT2D eigenvalue weighted by Crippen LogP contribution is -2.44. The monoisotopic (exact) mass is 358 g/mol. The smallest absolute Gasteiger partial charge is 0.247 e. The maximum atomic E-state index is 12.6. The van der Waals surface area contributed by atoms with Gasteiger partial charge in [-0.2, -0.15) is 0 Å². The van der Waals surface area contributed by atoms with Crippen LogP contribution in [-0.2, 0) is 16.0 Å². The molecule has 2 aromatic rings. The molecular formula is C17H15BrN2O2. The first kappa shape index (κ1) is 14.8. The van der Waals surface area contributed by atoms with Crippen molar-refractivity contribution in [2.24, 2.45) is 0 Å². The summed E-state index contributed by atoms with van der Waals surface area (Å²) < 4.78 is 0.813. The molecule has 112 valence electrons. The average molecular weight is 359 g/mol. The Morgan fingerprint density at radius 1 is 1.14 bits per heavy atom. The molecule has 4 nitrogen and oxygen atoms in total. The van der Waals surface area contributed by atoms with Crippen LogP contribution in [0.15, 0.2) is 53.0 Å². The first-order chi connectivity index (χ1) is 10.6. The molecular weight excluding hydrogens is 344 g/mol. The molecule has 0 saturated carbocycles. The number of amides is 2. The molecule has 0 fully saturated rings. The number of rotatable bonds is 2. The third kappa shape index (κ3) is 2.64. The fourth-order valence-corrected chi connectivity index (χ4v) is 3.15. The maximum absolute atomic E-state index is 12.6. The standard InChI is InChI=1S/C17H15BrN2O2/c1-11(21)20-15-9-5-2-6-12(15)10-16(20)17(22)19-14-8-4-3-7-13(14)18/h2-9,16H,10H2,1H3,(H,19,22). The van der Waals surface area contributed by atoms with Gasteiger partial charge in [0.25, 0.3) is 0 Å². The molecule has 2 amide bonds. The van der Waals surface area contributed by atoms with Gasteiger partial charge in [0.15, 0.2) is 0 Å². The summed E-state index contributed by atoms with van der Waals surface area (Å²) in [6.45, 7) is 1.49. The maximum Gasteiger partial charge on any atom is 0.247 e. The van der Waals surface area contributed by atoms with Crippen molar-refractivity contribution in [2.75, 3.05) is 10.2 Å². The number of benzene rings is 2. The van der Waals surface area contributed by atoms with Crippen LogP contribution in [0.2, 0.25) is 0 Å². The summed E-state index contributed by atoms with van der Waals surface area (Å²) in [7, 11) is 0. The predicted octanol–water partition coefficient (Wildman–Crippen LogP) is 3.37. The van der Waals surface area contributed by atoms with E-state index >= 15 is 0 Å². The van der Waals surface area contributed by atoms with Gasteiger partial charge in [-0.05, 0) is 39.7 Å². The zero-order valence-corrected chi connectivity index (χ0v) is 13.6. The van der Waals surface area contributed by atoms with Crippen LogP contribution >= 0.6 is 15.9 Å². The van der Waals surface area contributed by atoms with Crippen LogP contribution in [0.5, 0.6) is 0 Å². The molecule has 1 unspecified atom stereocenters. The molecule has 0 radical (unpaired) electrons. The zero-order valence-electron chi connectivity index (χ0n) is 12.0. The summed E-state index contributed by atoms with van der Waals surface area (Å²) in [4.78, 5) is 26.2. The number of para-hydroxylation sites is 2. The Hall–Kier alpha value is -2.14. The molecule has 2 aromatic carbocycles. The lowest BCUT2D eigenvalue weighted by molar-refractivity contribution is -0.122. The Balaban J connectivity index is 1.87. The molecule has 1 heterocycles. The van der Waals surface area contributed by atoms with Gasteiger partial charge in [-0.15, -0.1) is 0 Å². The Morgan fingerprint density at radius 3 is 2.55 bits per heavy atom. The van der Waals surface area contributed by atoms with E-state index in [2.05, 4.69) is 21.2 Å². The molecule has 0 spiro atoms. The summed E-state index contributed by atoms with van der Waals surface area (Å²) in [5, 5.41) is 2.89. The highest BCUT2D eigenvalue weighted by atomic mass is 79.9. The molecule has 1 aliphatic heterocycles. The SMILES string of the molecule is CC(=O)N1c2ccccc2CC1C(=O)Nc1ccccc1Br. The van der Waals surface area contributed by atoms with E-state index in [9.17, 15) is 9.59 Å². The summed E-state index contributed by atoms with van der Waals surface area (Å²) >= 11 is 3.41. The molecule has 0 bridgehead atoms. The number of nitrogens with one attached hydrogen (secondary N) is 1. The van der Waals surface area contributed by atoms with Crippen molar-refractivity contribution in [2.45, 2.75) is 19.4 Å². The lowest BCUT2D eigenvalue weighted by atomic mass is 10.1. The van der Waals surface area contributed by atoms with Crippen LogP contribution in [-0.4, -0.2) is 17.9 Å². The normalized spacial score (nSPS) is 16.3. The van der Waals surface area contributed by atoms with Crippen LogP contribution in [0.3, 0.4) is 0 Å². The second-order valence-corrected chi connectivity index (χ2v) is 6.06. The van der Waals surface area contributed by atoms with Crippen molar-refractivity contribution in [1.82, 2.24) is 0 Å². The number of hydrogen-bond acceptors (Lipinski definition) is 2. The lowest BCUT2D eigenvalue weighted by Gasteiger charge is -2.23. The molecule has 1 atom stereocenters. The molecule has 1 aliphatic rings. The number of halogens is 1. The highest BCUT2D eigenvalue weighted by molar-refractivity contribution is 9.10. The number of carbonyl (C=O) groups excluding carboxylic acids is 2. The van der Waals surface area contributed by atoms with Gasteiger partial charge in [0.2, 0.25) is 11.8 Å². The Kier molecular flexibility index (Phi) is 3.98. The van der Waals surface area contributed by atoms with Crippen molar-refractivity contribution in [3.05, 3.63) is 58.6 Å². The Labute approximate surface area is 137 Å². The summed E-state index contributed by atoms with van der Waals surface area (Å²) in [6, 6.07) is 14.5. The fraction of sp³-hybridized carbons (Fsp3) is 0.176. The molecule has 0 saturated heterocycles. The third-order valence-electron chi connectivity index (χ3n) is 3.75. The van der Waals surface area contributed by atoms with E-state index in [1.165, 1.54) is 6.92 Å². The van der Waals surface area contributed by atoms with Crippen molar-refractivity contribution in [3.8, 4) is 0 Å². The summed E-state index contributed by atoms with van der Waals surface area (Å²) in [5.41, 5.74) is 2.54. The van der Waals surface area contributed by atoms with Gasteiger partial charge in [-0.1, -0.05) is 30.3 Å². The van der Waals surface area contributed by atoms with Gasteiger partial charge in [-0.25, -0.2) is 0 Å². The largest absolute Gasteiger partial charge is 0.323 e. The number of fused-ring (bicyclic) bond motifs is 1. The minimum atomic E-state index is -0.512. The number of hydrogen-bond donors (Lipinski definition) is 1. The number of anilines is 2. The zero-order chi connectivity index (χ0) is 15.7. The van der Waals surface area contributed by atoms with Crippen LogP contribution in [0.4, 0.5) is 11.4 Å². The number of carbonyl (C=O) groups is 2. The van der Waals surface area contributed by atoms with E-state index in [4.69, 9.17) is 0 Å². The van der Waals surface area contributed by atoms with Gasteiger partial charge in [0.1, 0.15) is 6.04 Å². The van der Waals surface area contributed by atoms with E-state index in [1.807, 2.05) is 48.5 Å². The molecule has 0 aliphatic carbocycles. The molecule has 3 rings (SSSR count). The van der Waals surface area contributed by atoms with E-state index in [0.717, 1.165) is 15.7 Å². The molecule has 1 N–H and O–H groups in total. The van der Waals surface area contributed by atoms with Crippen LogP contribution in [0.1, 0.15) is 12.5 Å². The van der Waals surface area contributed by atoms with Crippen molar-refractivity contribution >= 4 is 39.1 Å². The summed E-state index contributed by atoms with van der Waals surface area (Å²) in [5.74, 6) is -0.310. The quantitative estimate of drug-likeness (QED) is 0.894. The highest BCUT2D eigenvalue weighted by Crippen LogP contribution is 2.33. The van der Waals surface area contributed by atoms with Crippen LogP contribution in [0.25, 0.3) is 0 Å². The van der Waals surface area contributed by atoms with Gasteiger partial charge in [0.05, 0.1) is 5.69 Å². The van der Waals surface area contributed by atoms with E-state index in [0.29, 0.717) is 12.1 Å². The average Bonchev–Trinajstić information content (AvgIpc) is 2.89. The first-order valence-electron chi connectivity index (χ1n) is 7.01. The molecule has 0 aromatic heterocycles. The van der Waals surface area contributed by atoms with Crippen molar-refractivity contribution < 1.29 is 9.59 Å². The van der Waals surface area contributed by atoms with E-state index < -0.39 is 6.04 Å². The van der Waals surface area contributed by atoms with Crippen LogP contribution in [0, 0.1) is 0 Å². The third-order valence-corrected chi connectivity index (χ3v) is 4.44. The topological polar surface area (TPSA) is 49.4 Å². The van der Waals surface area contributed by atoms with Gasteiger partial charge < -0.3 is 5.32 Å². The highest BCUT2D eigenvalue weighted by Gasteiger charge is 2.36. The van der Waals surface area contributed by atoms with Crippen molar-refractivity contribution in [1.29, 1.82) is 0 Å². The Bertz CT molecular complexity index is 745. The van der Waals surface area contributed by atoms with E-state index in [1.54, 1.807) is 4.90 Å². The minimum Gasteiger partial charge on any atom is -0.323 e.